The summed E-state index contributed by atoms with van der Waals surface area (Å²) >= 11 is 12.5. The van der Waals surface area contributed by atoms with Crippen LogP contribution in [0.5, 0.6) is 0 Å². The first-order valence-corrected chi connectivity index (χ1v) is 13.1. The van der Waals surface area contributed by atoms with Gasteiger partial charge in [0.25, 0.3) is 5.91 Å². The van der Waals surface area contributed by atoms with E-state index >= 15 is 0 Å². The fourth-order valence-electron chi connectivity index (χ4n) is 7.00. The van der Waals surface area contributed by atoms with Crippen molar-refractivity contribution in [1.82, 2.24) is 20.4 Å². The van der Waals surface area contributed by atoms with Gasteiger partial charge in [0.2, 0.25) is 0 Å². The monoisotopic (exact) mass is 488 g/mol. The first-order valence-electron chi connectivity index (χ1n) is 12.4. The van der Waals surface area contributed by atoms with Gasteiger partial charge in [0.05, 0.1) is 16.4 Å². The molecule has 33 heavy (non-hydrogen) atoms. The molecule has 0 atom stereocenters. The highest BCUT2D eigenvalue weighted by molar-refractivity contribution is 6.35. The van der Waals surface area contributed by atoms with Crippen molar-refractivity contribution < 1.29 is 4.79 Å². The molecule has 4 aliphatic rings. The summed E-state index contributed by atoms with van der Waals surface area (Å²) in [5, 5.41) is 12.6. The van der Waals surface area contributed by atoms with Crippen molar-refractivity contribution in [3.8, 4) is 5.69 Å². The molecule has 6 rings (SSSR count). The predicted octanol–water partition coefficient (Wildman–Crippen LogP) is 5.76. The number of carbonyl (C=O) groups is 1. The fourth-order valence-corrected chi connectivity index (χ4v) is 7.48. The number of benzene rings is 1. The molecular formula is C26H34Cl2N4O. The van der Waals surface area contributed by atoms with Gasteiger partial charge in [0, 0.05) is 29.7 Å². The van der Waals surface area contributed by atoms with Crippen molar-refractivity contribution in [2.45, 2.75) is 64.8 Å². The molecule has 1 aromatic carbocycles. The first kappa shape index (κ1) is 23.2. The van der Waals surface area contributed by atoms with Crippen molar-refractivity contribution >= 4 is 29.1 Å². The molecule has 4 aliphatic carbocycles. The normalized spacial score (nSPS) is 28.0. The molecule has 0 aliphatic heterocycles. The lowest BCUT2D eigenvalue weighted by Gasteiger charge is -2.54. The third-order valence-electron chi connectivity index (χ3n) is 8.08. The Labute approximate surface area is 206 Å². The summed E-state index contributed by atoms with van der Waals surface area (Å²) in [6, 6.07) is 5.98. The lowest BCUT2D eigenvalue weighted by Crippen LogP contribution is -2.55. The molecular weight excluding hydrogens is 455 g/mol. The van der Waals surface area contributed by atoms with Gasteiger partial charge in [-0.2, -0.15) is 5.10 Å². The fraction of sp³-hybridized carbons (Fsp3) is 0.615. The highest BCUT2D eigenvalue weighted by atomic mass is 35.5. The van der Waals surface area contributed by atoms with Crippen LogP contribution in [0, 0.1) is 30.6 Å². The number of carbonyl (C=O) groups excluding carboxylic acids is 1. The molecule has 4 bridgehead atoms. The number of hydrogen-bond acceptors (Lipinski definition) is 3. The molecule has 4 fully saturated rings. The van der Waals surface area contributed by atoms with E-state index in [2.05, 4.69) is 29.6 Å². The van der Waals surface area contributed by atoms with Crippen molar-refractivity contribution in [3.63, 3.8) is 0 Å². The van der Waals surface area contributed by atoms with Crippen LogP contribution >= 0.6 is 23.2 Å². The Morgan fingerprint density at radius 3 is 2.36 bits per heavy atom. The molecule has 0 unspecified atom stereocenters. The average molecular weight is 489 g/mol. The van der Waals surface area contributed by atoms with Crippen molar-refractivity contribution in [2.75, 3.05) is 13.1 Å². The molecule has 4 saturated carbocycles. The second kappa shape index (κ2) is 9.24. The second-order valence-electron chi connectivity index (χ2n) is 10.7. The number of nitrogens with one attached hydrogen (secondary N) is 2. The molecule has 0 spiro atoms. The summed E-state index contributed by atoms with van der Waals surface area (Å²) in [6.07, 6.45) is 7.08. The Morgan fingerprint density at radius 1 is 1.09 bits per heavy atom. The highest BCUT2D eigenvalue weighted by Gasteiger charge is 2.47. The minimum atomic E-state index is -0.134. The molecule has 2 N–H and O–H groups in total. The third kappa shape index (κ3) is 4.44. The van der Waals surface area contributed by atoms with E-state index in [1.807, 2.05) is 13.0 Å². The number of amides is 1. The molecule has 1 amide bonds. The van der Waals surface area contributed by atoms with E-state index in [0.29, 0.717) is 28.3 Å². The minimum absolute atomic E-state index is 0.134. The van der Waals surface area contributed by atoms with Gasteiger partial charge in [-0.15, -0.1) is 0 Å². The topological polar surface area (TPSA) is 59.0 Å². The van der Waals surface area contributed by atoms with E-state index in [1.165, 1.54) is 32.1 Å². The summed E-state index contributed by atoms with van der Waals surface area (Å²) in [6.45, 7) is 7.57. The van der Waals surface area contributed by atoms with Crippen LogP contribution < -0.4 is 10.6 Å². The summed E-state index contributed by atoms with van der Waals surface area (Å²) in [5.74, 6) is 3.69. The second-order valence-corrected chi connectivity index (χ2v) is 11.5. The third-order valence-corrected chi connectivity index (χ3v) is 8.62. The molecule has 5 nitrogen and oxygen atoms in total. The molecule has 1 aromatic heterocycles. The molecule has 2 aromatic rings. The van der Waals surface area contributed by atoms with Gasteiger partial charge in [-0.3, -0.25) is 4.79 Å². The maximum absolute atomic E-state index is 13.1. The molecule has 1 heterocycles. The molecule has 0 radical (unpaired) electrons. The lowest BCUT2D eigenvalue weighted by molar-refractivity contribution is -0.0133. The summed E-state index contributed by atoms with van der Waals surface area (Å²) in [4.78, 5) is 13.1. The largest absolute Gasteiger partial charge is 0.349 e. The van der Waals surface area contributed by atoms with Gasteiger partial charge in [-0.1, -0.05) is 37.0 Å². The van der Waals surface area contributed by atoms with Crippen LogP contribution in [0.3, 0.4) is 0 Å². The van der Waals surface area contributed by atoms with E-state index in [0.717, 1.165) is 47.2 Å². The highest BCUT2D eigenvalue weighted by Crippen LogP contribution is 2.53. The number of halogens is 2. The molecule has 178 valence electrons. The smallest absolute Gasteiger partial charge is 0.272 e. The van der Waals surface area contributed by atoms with Crippen LogP contribution in [-0.4, -0.2) is 34.8 Å². The van der Waals surface area contributed by atoms with Gasteiger partial charge < -0.3 is 10.6 Å². The van der Waals surface area contributed by atoms with Crippen LogP contribution in [0.25, 0.3) is 5.69 Å². The average Bonchev–Trinajstić information content (AvgIpc) is 3.09. The van der Waals surface area contributed by atoms with Gasteiger partial charge in [0.15, 0.2) is 5.69 Å². The van der Waals surface area contributed by atoms with Gasteiger partial charge in [-0.05, 0) is 86.8 Å². The van der Waals surface area contributed by atoms with E-state index in [4.69, 9.17) is 23.2 Å². The Balaban J connectivity index is 1.24. The zero-order valence-electron chi connectivity index (χ0n) is 19.7. The van der Waals surface area contributed by atoms with Crippen molar-refractivity contribution in [2.24, 2.45) is 23.7 Å². The summed E-state index contributed by atoms with van der Waals surface area (Å²) in [5.41, 5.74) is 3.06. The Morgan fingerprint density at radius 2 is 1.76 bits per heavy atom. The zero-order chi connectivity index (χ0) is 23.3. The Bertz CT molecular complexity index is 1020. The van der Waals surface area contributed by atoms with Crippen molar-refractivity contribution in [1.29, 1.82) is 0 Å². The van der Waals surface area contributed by atoms with E-state index in [9.17, 15) is 4.79 Å². The Kier molecular flexibility index (Phi) is 6.49. The lowest BCUT2D eigenvalue weighted by atomic mass is 9.54. The minimum Gasteiger partial charge on any atom is -0.349 e. The van der Waals surface area contributed by atoms with Crippen LogP contribution in [0.4, 0.5) is 0 Å². The molecule has 7 heteroatoms. The van der Waals surface area contributed by atoms with Crippen LogP contribution in [0.15, 0.2) is 18.2 Å². The SMILES string of the molecule is Cc1c(C(=O)NCCNC2C3CC4CC(C3)CC2C4)nn(-c2ccc(Cl)cc2Cl)c1C(C)C. The predicted molar refractivity (Wildman–Crippen MR) is 134 cm³/mol. The van der Waals surface area contributed by atoms with E-state index in [1.54, 1.807) is 16.8 Å². The van der Waals surface area contributed by atoms with Gasteiger partial charge in [-0.25, -0.2) is 4.68 Å². The van der Waals surface area contributed by atoms with Crippen LogP contribution in [0.2, 0.25) is 10.0 Å². The molecule has 0 saturated heterocycles. The van der Waals surface area contributed by atoms with E-state index in [-0.39, 0.29) is 11.8 Å². The zero-order valence-corrected chi connectivity index (χ0v) is 21.2. The first-order chi connectivity index (χ1) is 15.8. The Hall–Kier alpha value is -1.56. The summed E-state index contributed by atoms with van der Waals surface area (Å²) in [7, 11) is 0. The number of aromatic nitrogens is 2. The maximum atomic E-state index is 13.1. The van der Waals surface area contributed by atoms with Crippen molar-refractivity contribution in [3.05, 3.63) is 45.2 Å². The van der Waals surface area contributed by atoms with Gasteiger partial charge >= 0.3 is 0 Å². The standard InChI is InChI=1S/C26H34Cl2N4O/c1-14(2)25-15(3)23(31-32(25)22-5-4-20(27)13-21(22)28)26(33)30-7-6-29-24-18-9-16-8-17(11-18)12-19(24)10-16/h4-5,13-14,16-19,24,29H,6-12H2,1-3H3,(H,30,33). The van der Waals surface area contributed by atoms with Crippen LogP contribution in [-0.2, 0) is 0 Å². The number of rotatable bonds is 7. The van der Waals surface area contributed by atoms with E-state index < -0.39 is 0 Å². The van der Waals surface area contributed by atoms with Gasteiger partial charge in [0.1, 0.15) is 0 Å². The summed E-state index contributed by atoms with van der Waals surface area (Å²) < 4.78 is 1.79. The maximum Gasteiger partial charge on any atom is 0.272 e. The number of nitrogens with zero attached hydrogens (tertiary/aromatic N) is 2. The number of hydrogen-bond donors (Lipinski definition) is 2. The van der Waals surface area contributed by atoms with Crippen LogP contribution in [0.1, 0.15) is 73.6 Å². The quantitative estimate of drug-likeness (QED) is 0.487.